The van der Waals surface area contributed by atoms with Crippen molar-refractivity contribution in [2.24, 2.45) is 11.5 Å². The molecule has 1 unspecified atom stereocenters. The zero-order valence-electron chi connectivity index (χ0n) is 11.0. The second-order valence-electron chi connectivity index (χ2n) is 4.47. The predicted molar refractivity (Wildman–Crippen MR) is 74.0 cm³/mol. The summed E-state index contributed by atoms with van der Waals surface area (Å²) in [6.07, 6.45) is 0. The van der Waals surface area contributed by atoms with Gasteiger partial charge in [-0.1, -0.05) is 6.07 Å². The van der Waals surface area contributed by atoms with Gasteiger partial charge in [0.25, 0.3) is 0 Å². The molecule has 20 heavy (non-hydrogen) atoms. The summed E-state index contributed by atoms with van der Waals surface area (Å²) < 4.78 is 19.3. The Morgan fingerprint density at radius 2 is 1.85 bits per heavy atom. The molecule has 2 aromatic rings. The lowest BCUT2D eigenvalue weighted by Crippen LogP contribution is -2.10. The molecule has 0 radical (unpaired) electrons. The maximum Gasteiger partial charge on any atom is 0.248 e. The van der Waals surface area contributed by atoms with Gasteiger partial charge in [-0.25, -0.2) is 4.39 Å². The fraction of sp³-hybridized carbons (Fsp3) is 0.133. The number of halogens is 1. The molecule has 5 heteroatoms. The molecule has 0 aliphatic carbocycles. The molecule has 0 saturated carbocycles. The number of carbonyl (C=O) groups excluding carboxylic acids is 1. The Morgan fingerprint density at radius 1 is 1.20 bits per heavy atom. The quantitative estimate of drug-likeness (QED) is 0.899. The van der Waals surface area contributed by atoms with Crippen molar-refractivity contribution in [2.45, 2.75) is 13.0 Å². The van der Waals surface area contributed by atoms with E-state index in [-0.39, 0.29) is 11.8 Å². The van der Waals surface area contributed by atoms with E-state index in [9.17, 15) is 9.18 Å². The van der Waals surface area contributed by atoms with Gasteiger partial charge in [-0.05, 0) is 48.9 Å². The molecule has 2 rings (SSSR count). The first-order valence-electron chi connectivity index (χ1n) is 6.10. The molecule has 0 aliphatic rings. The Kier molecular flexibility index (Phi) is 4.00. The van der Waals surface area contributed by atoms with Crippen LogP contribution in [-0.2, 0) is 0 Å². The van der Waals surface area contributed by atoms with Gasteiger partial charge >= 0.3 is 0 Å². The van der Waals surface area contributed by atoms with Crippen LogP contribution in [0.5, 0.6) is 11.5 Å². The number of nitrogens with two attached hydrogens (primary N) is 2. The number of carbonyl (C=O) groups is 1. The van der Waals surface area contributed by atoms with Crippen molar-refractivity contribution in [2.75, 3.05) is 0 Å². The number of hydrogen-bond donors (Lipinski definition) is 2. The van der Waals surface area contributed by atoms with Crippen molar-refractivity contribution in [1.82, 2.24) is 0 Å². The summed E-state index contributed by atoms with van der Waals surface area (Å²) >= 11 is 0. The molecular weight excluding hydrogens is 259 g/mol. The average molecular weight is 274 g/mol. The summed E-state index contributed by atoms with van der Waals surface area (Å²) in [4.78, 5) is 10.9. The van der Waals surface area contributed by atoms with Crippen molar-refractivity contribution < 1.29 is 13.9 Å². The van der Waals surface area contributed by atoms with Crippen molar-refractivity contribution in [3.8, 4) is 11.5 Å². The largest absolute Gasteiger partial charge is 0.454 e. The van der Waals surface area contributed by atoms with Gasteiger partial charge in [-0.3, -0.25) is 4.79 Å². The molecule has 0 bridgehead atoms. The molecule has 4 nitrogen and oxygen atoms in total. The van der Waals surface area contributed by atoms with E-state index in [1.165, 1.54) is 24.3 Å². The molecule has 1 amide bonds. The summed E-state index contributed by atoms with van der Waals surface area (Å²) in [5.74, 6) is -0.494. The lowest BCUT2D eigenvalue weighted by molar-refractivity contribution is 0.100. The van der Waals surface area contributed by atoms with Gasteiger partial charge < -0.3 is 16.2 Å². The van der Waals surface area contributed by atoms with Crippen LogP contribution < -0.4 is 16.2 Å². The molecule has 0 heterocycles. The number of primary amides is 1. The van der Waals surface area contributed by atoms with Gasteiger partial charge in [0.05, 0.1) is 0 Å². The monoisotopic (exact) mass is 274 g/mol. The highest BCUT2D eigenvalue weighted by Crippen LogP contribution is 2.26. The first-order chi connectivity index (χ1) is 9.47. The van der Waals surface area contributed by atoms with E-state index < -0.39 is 11.7 Å². The maximum atomic E-state index is 13.8. The van der Waals surface area contributed by atoms with E-state index in [4.69, 9.17) is 16.2 Å². The Balaban J connectivity index is 2.19. The second-order valence-corrected chi connectivity index (χ2v) is 4.47. The SMILES string of the molecule is CC(N)c1ccc(Oc2ccc(C(N)=O)cc2)c(F)c1. The third-order valence-electron chi connectivity index (χ3n) is 2.85. The normalized spacial score (nSPS) is 11.9. The van der Waals surface area contributed by atoms with Crippen LogP contribution in [0, 0.1) is 5.82 Å². The van der Waals surface area contributed by atoms with Crippen LogP contribution >= 0.6 is 0 Å². The number of rotatable bonds is 4. The van der Waals surface area contributed by atoms with Gasteiger partial charge in [0.15, 0.2) is 11.6 Å². The van der Waals surface area contributed by atoms with E-state index >= 15 is 0 Å². The first-order valence-corrected chi connectivity index (χ1v) is 6.10. The van der Waals surface area contributed by atoms with Gasteiger partial charge in [0, 0.05) is 11.6 Å². The Labute approximate surface area is 116 Å². The molecule has 4 N–H and O–H groups in total. The fourth-order valence-electron chi connectivity index (χ4n) is 1.70. The van der Waals surface area contributed by atoms with Crippen molar-refractivity contribution >= 4 is 5.91 Å². The molecule has 1 atom stereocenters. The van der Waals surface area contributed by atoms with Crippen LogP contribution in [0.2, 0.25) is 0 Å². The van der Waals surface area contributed by atoms with Crippen LogP contribution in [0.4, 0.5) is 4.39 Å². The summed E-state index contributed by atoms with van der Waals surface area (Å²) in [7, 11) is 0. The lowest BCUT2D eigenvalue weighted by Gasteiger charge is -2.10. The topological polar surface area (TPSA) is 78.3 Å². The minimum Gasteiger partial charge on any atom is -0.454 e. The highest BCUT2D eigenvalue weighted by Gasteiger charge is 2.08. The van der Waals surface area contributed by atoms with Gasteiger partial charge in [-0.15, -0.1) is 0 Å². The number of benzene rings is 2. The third kappa shape index (κ3) is 3.13. The van der Waals surface area contributed by atoms with E-state index in [0.717, 1.165) is 0 Å². The smallest absolute Gasteiger partial charge is 0.248 e. The van der Waals surface area contributed by atoms with Crippen LogP contribution in [-0.4, -0.2) is 5.91 Å². The predicted octanol–water partition coefficient (Wildman–Crippen LogP) is 2.74. The molecule has 0 aromatic heterocycles. The van der Waals surface area contributed by atoms with E-state index in [2.05, 4.69) is 0 Å². The van der Waals surface area contributed by atoms with Crippen molar-refractivity contribution in [1.29, 1.82) is 0 Å². The summed E-state index contributed by atoms with van der Waals surface area (Å²) in [6.45, 7) is 1.78. The number of ether oxygens (including phenoxy) is 1. The van der Waals surface area contributed by atoms with Crippen LogP contribution in [0.3, 0.4) is 0 Å². The molecule has 0 saturated heterocycles. The van der Waals surface area contributed by atoms with Crippen LogP contribution in [0.25, 0.3) is 0 Å². The minimum atomic E-state index is -0.524. The maximum absolute atomic E-state index is 13.8. The van der Waals surface area contributed by atoms with E-state index in [1.807, 2.05) is 0 Å². The minimum absolute atomic E-state index is 0.0984. The summed E-state index contributed by atoms with van der Waals surface area (Å²) in [5.41, 5.74) is 11.9. The molecule has 0 spiro atoms. The molecular formula is C15H15FN2O2. The molecule has 2 aromatic carbocycles. The average Bonchev–Trinajstić information content (AvgIpc) is 2.41. The standard InChI is InChI=1S/C15H15FN2O2/c1-9(17)11-4-7-14(13(16)8-11)20-12-5-2-10(3-6-12)15(18)19/h2-9H,17H2,1H3,(H2,18,19). The zero-order chi connectivity index (χ0) is 14.7. The van der Waals surface area contributed by atoms with Crippen LogP contribution in [0.15, 0.2) is 42.5 Å². The zero-order valence-corrected chi connectivity index (χ0v) is 11.0. The number of hydrogen-bond acceptors (Lipinski definition) is 3. The highest BCUT2D eigenvalue weighted by molar-refractivity contribution is 5.92. The first kappa shape index (κ1) is 14.0. The second kappa shape index (κ2) is 5.71. The van der Waals surface area contributed by atoms with Gasteiger partial charge in [-0.2, -0.15) is 0 Å². The van der Waals surface area contributed by atoms with E-state index in [1.54, 1.807) is 25.1 Å². The fourth-order valence-corrected chi connectivity index (χ4v) is 1.70. The highest BCUT2D eigenvalue weighted by atomic mass is 19.1. The Morgan fingerprint density at radius 3 is 2.35 bits per heavy atom. The molecule has 104 valence electrons. The van der Waals surface area contributed by atoms with Crippen LogP contribution in [0.1, 0.15) is 28.9 Å². The lowest BCUT2D eigenvalue weighted by atomic mass is 10.1. The summed E-state index contributed by atoms with van der Waals surface area (Å²) in [6, 6.07) is 10.5. The van der Waals surface area contributed by atoms with Gasteiger partial charge in [0.1, 0.15) is 5.75 Å². The van der Waals surface area contributed by atoms with E-state index in [0.29, 0.717) is 16.9 Å². The Hall–Kier alpha value is -2.40. The molecule has 0 aliphatic heterocycles. The third-order valence-corrected chi connectivity index (χ3v) is 2.85. The van der Waals surface area contributed by atoms with Crippen molar-refractivity contribution in [3.63, 3.8) is 0 Å². The summed E-state index contributed by atoms with van der Waals surface area (Å²) in [5, 5.41) is 0. The van der Waals surface area contributed by atoms with Gasteiger partial charge in [0.2, 0.25) is 5.91 Å². The van der Waals surface area contributed by atoms with Crippen molar-refractivity contribution in [3.05, 3.63) is 59.4 Å². The number of amides is 1. The molecule has 0 fully saturated rings. The Bertz CT molecular complexity index is 624.